The summed E-state index contributed by atoms with van der Waals surface area (Å²) in [5, 5.41) is 6.22. The first-order chi connectivity index (χ1) is 13.6. The zero-order valence-electron chi connectivity index (χ0n) is 16.2. The lowest BCUT2D eigenvalue weighted by molar-refractivity contribution is 0.0954. The van der Waals surface area contributed by atoms with E-state index in [1.165, 1.54) is 11.1 Å². The van der Waals surface area contributed by atoms with Gasteiger partial charge in [-0.05, 0) is 48.7 Å². The largest absolute Gasteiger partial charge is 0.497 e. The van der Waals surface area contributed by atoms with Crippen LogP contribution in [0.5, 0.6) is 5.75 Å². The van der Waals surface area contributed by atoms with Crippen LogP contribution < -0.4 is 15.4 Å². The molecular weight excluding hydrogens is 350 g/mol. The van der Waals surface area contributed by atoms with Crippen molar-refractivity contribution in [3.05, 3.63) is 89.1 Å². The number of aryl methyl sites for hydroxylation is 1. The Balaban J connectivity index is 1.50. The molecule has 0 atom stereocenters. The highest BCUT2D eigenvalue weighted by Crippen LogP contribution is 2.12. The van der Waals surface area contributed by atoms with Crippen LogP contribution in [-0.4, -0.2) is 24.5 Å². The molecule has 1 heterocycles. The Morgan fingerprint density at radius 3 is 2.43 bits per heavy atom. The van der Waals surface area contributed by atoms with Gasteiger partial charge in [0.15, 0.2) is 0 Å². The predicted octanol–water partition coefficient (Wildman–Crippen LogP) is 3.98. The van der Waals surface area contributed by atoms with E-state index in [4.69, 9.17) is 4.74 Å². The van der Waals surface area contributed by atoms with Gasteiger partial charge in [0, 0.05) is 24.8 Å². The number of nitrogens with zero attached hydrogens (tertiary/aromatic N) is 1. The first kappa shape index (κ1) is 19.4. The Bertz CT molecular complexity index is 906. The van der Waals surface area contributed by atoms with Crippen LogP contribution in [0.2, 0.25) is 0 Å². The summed E-state index contributed by atoms with van der Waals surface area (Å²) in [6, 6.07) is 19.7. The molecule has 3 aromatic rings. The number of nitrogens with one attached hydrogen (secondary N) is 2. The third-order valence-electron chi connectivity index (χ3n) is 4.47. The summed E-state index contributed by atoms with van der Waals surface area (Å²) in [7, 11) is 1.65. The van der Waals surface area contributed by atoms with Gasteiger partial charge < -0.3 is 15.4 Å². The third kappa shape index (κ3) is 5.58. The Labute approximate surface area is 165 Å². The molecule has 5 nitrogen and oxygen atoms in total. The van der Waals surface area contributed by atoms with Crippen molar-refractivity contribution in [2.75, 3.05) is 19.0 Å². The van der Waals surface area contributed by atoms with Crippen LogP contribution in [0.4, 0.5) is 5.82 Å². The van der Waals surface area contributed by atoms with E-state index in [1.54, 1.807) is 25.4 Å². The summed E-state index contributed by atoms with van der Waals surface area (Å²) >= 11 is 0. The monoisotopic (exact) mass is 375 g/mol. The summed E-state index contributed by atoms with van der Waals surface area (Å²) in [5.41, 5.74) is 4.14. The Hall–Kier alpha value is -3.34. The van der Waals surface area contributed by atoms with Gasteiger partial charge in [0.2, 0.25) is 0 Å². The van der Waals surface area contributed by atoms with Crippen molar-refractivity contribution < 1.29 is 9.53 Å². The molecule has 0 unspecified atom stereocenters. The molecule has 0 saturated heterocycles. The van der Waals surface area contributed by atoms with E-state index in [0.29, 0.717) is 24.5 Å². The summed E-state index contributed by atoms with van der Waals surface area (Å²) in [6.07, 6.45) is 2.41. The fraction of sp³-hybridized carbons (Fsp3) is 0.217. The molecule has 0 aliphatic heterocycles. The fourth-order valence-electron chi connectivity index (χ4n) is 2.78. The molecule has 1 aromatic heterocycles. The van der Waals surface area contributed by atoms with Gasteiger partial charge in [-0.1, -0.05) is 42.0 Å². The lowest BCUT2D eigenvalue weighted by Crippen LogP contribution is -2.25. The molecule has 0 aliphatic carbocycles. The number of carbonyl (C=O) groups is 1. The summed E-state index contributed by atoms with van der Waals surface area (Å²) in [5.74, 6) is 1.41. The van der Waals surface area contributed by atoms with E-state index in [0.717, 1.165) is 17.7 Å². The molecule has 0 bridgehead atoms. The van der Waals surface area contributed by atoms with Crippen LogP contribution in [0.15, 0.2) is 66.9 Å². The molecular formula is C23H25N3O2. The molecule has 0 aliphatic rings. The minimum absolute atomic E-state index is 0.103. The smallest absolute Gasteiger partial charge is 0.251 e. The summed E-state index contributed by atoms with van der Waals surface area (Å²) < 4.78 is 5.15. The number of rotatable bonds is 8. The third-order valence-corrected chi connectivity index (χ3v) is 4.47. The maximum absolute atomic E-state index is 12.4. The number of pyridine rings is 1. The number of carbonyl (C=O) groups excluding carboxylic acids is 1. The number of ether oxygens (including phenoxy) is 1. The van der Waals surface area contributed by atoms with Gasteiger partial charge in [-0.3, -0.25) is 4.79 Å². The number of anilines is 1. The van der Waals surface area contributed by atoms with Gasteiger partial charge in [-0.25, -0.2) is 4.98 Å². The van der Waals surface area contributed by atoms with Gasteiger partial charge in [-0.2, -0.15) is 0 Å². The molecule has 0 fully saturated rings. The average molecular weight is 375 g/mol. The van der Waals surface area contributed by atoms with Crippen LogP contribution in [0.25, 0.3) is 0 Å². The van der Waals surface area contributed by atoms with E-state index in [9.17, 15) is 4.79 Å². The Morgan fingerprint density at radius 1 is 1.00 bits per heavy atom. The van der Waals surface area contributed by atoms with Gasteiger partial charge in [0.25, 0.3) is 5.91 Å². The molecule has 2 aromatic carbocycles. The van der Waals surface area contributed by atoms with Gasteiger partial charge in [-0.15, -0.1) is 0 Å². The van der Waals surface area contributed by atoms with E-state index in [1.807, 2.05) is 24.3 Å². The average Bonchev–Trinajstić information content (AvgIpc) is 2.74. The van der Waals surface area contributed by atoms with Crippen molar-refractivity contribution in [2.45, 2.75) is 19.9 Å². The van der Waals surface area contributed by atoms with Crippen LogP contribution in [0.3, 0.4) is 0 Å². The molecule has 28 heavy (non-hydrogen) atoms. The van der Waals surface area contributed by atoms with Gasteiger partial charge in [0.05, 0.1) is 7.11 Å². The highest BCUT2D eigenvalue weighted by molar-refractivity contribution is 5.94. The van der Waals surface area contributed by atoms with Crippen LogP contribution >= 0.6 is 0 Å². The van der Waals surface area contributed by atoms with E-state index in [-0.39, 0.29) is 5.91 Å². The topological polar surface area (TPSA) is 63.2 Å². The molecule has 3 rings (SSSR count). The first-order valence-electron chi connectivity index (χ1n) is 9.30. The lowest BCUT2D eigenvalue weighted by atomic mass is 10.1. The minimum Gasteiger partial charge on any atom is -0.497 e. The molecule has 2 N–H and O–H groups in total. The molecule has 1 amide bonds. The summed E-state index contributed by atoms with van der Waals surface area (Å²) in [6.45, 7) is 3.30. The Morgan fingerprint density at radius 2 is 1.71 bits per heavy atom. The molecule has 0 radical (unpaired) electrons. The normalized spacial score (nSPS) is 10.4. The number of hydrogen-bond donors (Lipinski definition) is 2. The summed E-state index contributed by atoms with van der Waals surface area (Å²) in [4.78, 5) is 16.7. The van der Waals surface area contributed by atoms with Crippen molar-refractivity contribution in [3.63, 3.8) is 0 Å². The van der Waals surface area contributed by atoms with Crippen LogP contribution in [0.1, 0.15) is 27.0 Å². The van der Waals surface area contributed by atoms with Crippen LogP contribution in [0, 0.1) is 6.92 Å². The zero-order valence-corrected chi connectivity index (χ0v) is 16.2. The van der Waals surface area contributed by atoms with Gasteiger partial charge >= 0.3 is 0 Å². The van der Waals surface area contributed by atoms with Crippen LogP contribution in [-0.2, 0) is 13.0 Å². The number of benzene rings is 2. The van der Waals surface area contributed by atoms with E-state index >= 15 is 0 Å². The molecule has 0 spiro atoms. The second-order valence-corrected chi connectivity index (χ2v) is 6.62. The van der Waals surface area contributed by atoms with Gasteiger partial charge in [0.1, 0.15) is 11.6 Å². The second-order valence-electron chi connectivity index (χ2n) is 6.62. The van der Waals surface area contributed by atoms with E-state index in [2.05, 4.69) is 46.8 Å². The molecule has 0 saturated carbocycles. The van der Waals surface area contributed by atoms with E-state index < -0.39 is 0 Å². The fourth-order valence-corrected chi connectivity index (χ4v) is 2.78. The maximum atomic E-state index is 12.4. The number of aromatic nitrogens is 1. The van der Waals surface area contributed by atoms with Crippen molar-refractivity contribution in [3.8, 4) is 5.75 Å². The Kier molecular flexibility index (Phi) is 6.63. The number of methoxy groups -OCH3 is 1. The lowest BCUT2D eigenvalue weighted by Gasteiger charge is -2.09. The molecule has 144 valence electrons. The molecule has 5 heteroatoms. The number of hydrogen-bond acceptors (Lipinski definition) is 4. The minimum atomic E-state index is -0.103. The number of amides is 1. The highest BCUT2D eigenvalue weighted by atomic mass is 16.5. The van der Waals surface area contributed by atoms with Crippen molar-refractivity contribution in [1.29, 1.82) is 0 Å². The predicted molar refractivity (Wildman–Crippen MR) is 112 cm³/mol. The standard InChI is InChI=1S/C23H25N3O2/c1-17-3-5-19(6-4-17)16-26-22-15-20(12-14-24-22)23(27)25-13-11-18-7-9-21(28-2)10-8-18/h3-10,12,14-15H,11,13,16H2,1-2H3,(H,24,26)(H,25,27). The van der Waals surface area contributed by atoms with Crippen molar-refractivity contribution in [1.82, 2.24) is 10.3 Å². The maximum Gasteiger partial charge on any atom is 0.251 e. The highest BCUT2D eigenvalue weighted by Gasteiger charge is 2.07. The first-order valence-corrected chi connectivity index (χ1v) is 9.30. The quantitative estimate of drug-likeness (QED) is 0.625. The van der Waals surface area contributed by atoms with Crippen molar-refractivity contribution in [2.24, 2.45) is 0 Å². The SMILES string of the molecule is COc1ccc(CCNC(=O)c2ccnc(NCc3ccc(C)cc3)c2)cc1. The second kappa shape index (κ2) is 9.55. The van der Waals surface area contributed by atoms with Crippen molar-refractivity contribution >= 4 is 11.7 Å². The zero-order chi connectivity index (χ0) is 19.8.